The molecule has 132 valence electrons. The number of H-pyrrole nitrogens is 1. The molecule has 0 aliphatic heterocycles. The monoisotopic (exact) mass is 352 g/mol. The van der Waals surface area contributed by atoms with Crippen molar-refractivity contribution >= 4 is 23.0 Å². The van der Waals surface area contributed by atoms with Crippen LogP contribution < -0.4 is 10.1 Å². The van der Waals surface area contributed by atoms with Crippen LogP contribution in [-0.4, -0.2) is 38.0 Å². The quantitative estimate of drug-likeness (QED) is 0.661. The molecule has 1 aliphatic rings. The number of ether oxygens (including phenoxy) is 1. The molecule has 8 nitrogen and oxygen atoms in total. The number of carboxylic acids is 1. The summed E-state index contributed by atoms with van der Waals surface area (Å²) >= 11 is 0. The first-order valence-electron chi connectivity index (χ1n) is 8.14. The summed E-state index contributed by atoms with van der Waals surface area (Å²) in [5.74, 6) is -0.308. The molecule has 0 fully saturated rings. The van der Waals surface area contributed by atoms with E-state index in [1.54, 1.807) is 0 Å². The second-order valence-electron chi connectivity index (χ2n) is 6.25. The lowest BCUT2D eigenvalue weighted by Crippen LogP contribution is -2.33. The third-order valence-electron chi connectivity index (χ3n) is 4.33. The van der Waals surface area contributed by atoms with Crippen molar-refractivity contribution < 1.29 is 19.4 Å². The first-order valence-corrected chi connectivity index (χ1v) is 8.14. The Labute approximate surface area is 148 Å². The first-order chi connectivity index (χ1) is 12.5. The van der Waals surface area contributed by atoms with Gasteiger partial charge < -0.3 is 20.1 Å². The number of hydrogen-bond acceptors (Lipinski definition) is 5. The highest BCUT2D eigenvalue weighted by Gasteiger charge is 2.22. The van der Waals surface area contributed by atoms with E-state index in [-0.39, 0.29) is 28.9 Å². The summed E-state index contributed by atoms with van der Waals surface area (Å²) in [7, 11) is 0. The molecule has 0 spiro atoms. The molecule has 1 unspecified atom stereocenters. The maximum Gasteiger partial charge on any atom is 0.339 e. The molecule has 4 rings (SSSR count). The van der Waals surface area contributed by atoms with E-state index in [0.29, 0.717) is 11.4 Å². The molecule has 0 saturated carbocycles. The maximum absolute atomic E-state index is 11.2. The zero-order valence-corrected chi connectivity index (χ0v) is 13.9. The van der Waals surface area contributed by atoms with Crippen LogP contribution >= 0.6 is 0 Å². The summed E-state index contributed by atoms with van der Waals surface area (Å²) in [4.78, 5) is 33.6. The fraction of sp³-hybridized carbons (Fsp3) is 0.222. The van der Waals surface area contributed by atoms with E-state index >= 15 is 0 Å². The average molecular weight is 352 g/mol. The van der Waals surface area contributed by atoms with Gasteiger partial charge in [0.05, 0.1) is 6.20 Å². The van der Waals surface area contributed by atoms with E-state index in [2.05, 4.69) is 20.3 Å². The minimum Gasteiger partial charge on any atom is -0.478 e. The normalized spacial score (nSPS) is 15.7. The molecule has 1 amide bonds. The number of nitrogens with one attached hydrogen (secondary N) is 2. The van der Waals surface area contributed by atoms with Gasteiger partial charge in [-0.25, -0.2) is 14.8 Å². The van der Waals surface area contributed by atoms with E-state index in [1.165, 1.54) is 24.9 Å². The van der Waals surface area contributed by atoms with Crippen LogP contribution in [0.5, 0.6) is 11.6 Å². The molecular weight excluding hydrogens is 336 g/mol. The number of fused-ring (bicyclic) bond motifs is 2. The summed E-state index contributed by atoms with van der Waals surface area (Å²) in [6, 6.07) is 5.82. The topological polar surface area (TPSA) is 117 Å². The van der Waals surface area contributed by atoms with Gasteiger partial charge in [0.25, 0.3) is 0 Å². The second-order valence-corrected chi connectivity index (χ2v) is 6.25. The Morgan fingerprint density at radius 1 is 1.31 bits per heavy atom. The fourth-order valence-corrected chi connectivity index (χ4v) is 3.26. The summed E-state index contributed by atoms with van der Waals surface area (Å²) in [5.41, 5.74) is 2.98. The molecule has 1 aromatic carbocycles. The Balaban J connectivity index is 1.57. The van der Waals surface area contributed by atoms with Crippen LogP contribution in [0.2, 0.25) is 0 Å². The van der Waals surface area contributed by atoms with Gasteiger partial charge in [-0.2, -0.15) is 0 Å². The van der Waals surface area contributed by atoms with Gasteiger partial charge in [0.1, 0.15) is 16.8 Å². The number of carbonyl (C=O) groups is 2. The zero-order chi connectivity index (χ0) is 18.3. The molecule has 0 radical (unpaired) electrons. The van der Waals surface area contributed by atoms with E-state index in [0.717, 1.165) is 18.4 Å². The number of aromatic nitrogens is 3. The molecule has 3 N–H and O–H groups in total. The van der Waals surface area contributed by atoms with Crippen molar-refractivity contribution in [1.82, 2.24) is 20.3 Å². The summed E-state index contributed by atoms with van der Waals surface area (Å²) in [5, 5.41) is 12.1. The largest absolute Gasteiger partial charge is 0.478 e. The van der Waals surface area contributed by atoms with Crippen molar-refractivity contribution in [2.45, 2.75) is 25.8 Å². The molecule has 2 heterocycles. The summed E-state index contributed by atoms with van der Waals surface area (Å²) in [6.07, 6.45) is 4.34. The minimum atomic E-state index is -1.08. The van der Waals surface area contributed by atoms with Gasteiger partial charge in [-0.15, -0.1) is 0 Å². The van der Waals surface area contributed by atoms with Gasteiger partial charge in [-0.05, 0) is 36.1 Å². The van der Waals surface area contributed by atoms with Crippen LogP contribution in [0.15, 0.2) is 30.6 Å². The molecule has 1 atom stereocenters. The standard InChI is InChI=1S/C18H16N4O4/c1-9(23)21-12-4-10-2-3-13(6-11(10)5-12)26-15-8-20-17-16(22-15)14(7-19-17)18(24)25/h2-3,6-8,12H,4-5H2,1H3,(H,19,20)(H,21,23)(H,24,25). The molecule has 8 heteroatoms. The smallest absolute Gasteiger partial charge is 0.339 e. The number of carboxylic acid groups (broad SMARTS) is 1. The zero-order valence-electron chi connectivity index (χ0n) is 13.9. The van der Waals surface area contributed by atoms with Gasteiger partial charge >= 0.3 is 5.97 Å². The lowest BCUT2D eigenvalue weighted by molar-refractivity contribution is -0.119. The van der Waals surface area contributed by atoms with Gasteiger partial charge in [0, 0.05) is 19.2 Å². The molecule has 1 aliphatic carbocycles. The van der Waals surface area contributed by atoms with Crippen LogP contribution in [0.4, 0.5) is 0 Å². The molecule has 2 aromatic heterocycles. The van der Waals surface area contributed by atoms with Crippen molar-refractivity contribution in [2.24, 2.45) is 0 Å². The van der Waals surface area contributed by atoms with E-state index in [1.807, 2.05) is 18.2 Å². The second kappa shape index (κ2) is 6.14. The van der Waals surface area contributed by atoms with Crippen molar-refractivity contribution in [3.63, 3.8) is 0 Å². The van der Waals surface area contributed by atoms with E-state index in [9.17, 15) is 14.7 Å². The SMILES string of the molecule is CC(=O)NC1Cc2ccc(Oc3cnc4[nH]cc(C(=O)O)c4n3)cc2C1. The number of benzene rings is 1. The lowest BCUT2D eigenvalue weighted by atomic mass is 10.1. The molecular formula is C18H16N4O4. The van der Waals surface area contributed by atoms with E-state index in [4.69, 9.17) is 4.74 Å². The number of carbonyl (C=O) groups excluding carboxylic acids is 1. The van der Waals surface area contributed by atoms with Crippen LogP contribution in [0.3, 0.4) is 0 Å². The van der Waals surface area contributed by atoms with Crippen molar-refractivity contribution in [3.8, 4) is 11.6 Å². The maximum atomic E-state index is 11.2. The highest BCUT2D eigenvalue weighted by Crippen LogP contribution is 2.29. The Morgan fingerprint density at radius 2 is 2.12 bits per heavy atom. The van der Waals surface area contributed by atoms with E-state index < -0.39 is 5.97 Å². The number of nitrogens with zero attached hydrogens (tertiary/aromatic N) is 2. The van der Waals surface area contributed by atoms with Crippen LogP contribution in [0, 0.1) is 0 Å². The molecule has 3 aromatic rings. The van der Waals surface area contributed by atoms with Crippen molar-refractivity contribution in [2.75, 3.05) is 0 Å². The molecule has 0 saturated heterocycles. The lowest BCUT2D eigenvalue weighted by Gasteiger charge is -2.08. The summed E-state index contributed by atoms with van der Waals surface area (Å²) < 4.78 is 5.76. The Bertz CT molecular complexity index is 1030. The van der Waals surface area contributed by atoms with Crippen LogP contribution in [-0.2, 0) is 17.6 Å². The fourth-order valence-electron chi connectivity index (χ4n) is 3.26. The predicted octanol–water partition coefficient (Wildman–Crippen LogP) is 2.05. The Kier molecular flexibility index (Phi) is 3.80. The number of hydrogen-bond donors (Lipinski definition) is 3. The molecule has 0 bridgehead atoms. The van der Waals surface area contributed by atoms with Gasteiger partial charge in [0.2, 0.25) is 11.8 Å². The van der Waals surface area contributed by atoms with Gasteiger partial charge in [0.15, 0.2) is 5.65 Å². The first kappa shape index (κ1) is 16.1. The van der Waals surface area contributed by atoms with Crippen LogP contribution in [0.1, 0.15) is 28.4 Å². The Morgan fingerprint density at radius 3 is 2.88 bits per heavy atom. The average Bonchev–Trinajstić information content (AvgIpc) is 3.16. The number of rotatable bonds is 4. The molecule has 26 heavy (non-hydrogen) atoms. The number of aromatic carboxylic acids is 1. The minimum absolute atomic E-state index is 0.0383. The number of amides is 1. The third kappa shape index (κ3) is 2.97. The van der Waals surface area contributed by atoms with Gasteiger partial charge in [-0.3, -0.25) is 4.79 Å². The predicted molar refractivity (Wildman–Crippen MR) is 92.4 cm³/mol. The van der Waals surface area contributed by atoms with Crippen LogP contribution in [0.25, 0.3) is 11.2 Å². The third-order valence-corrected chi connectivity index (χ3v) is 4.33. The summed E-state index contributed by atoms with van der Waals surface area (Å²) in [6.45, 7) is 1.51. The van der Waals surface area contributed by atoms with Crippen molar-refractivity contribution in [1.29, 1.82) is 0 Å². The highest BCUT2D eigenvalue weighted by atomic mass is 16.5. The van der Waals surface area contributed by atoms with Gasteiger partial charge in [-0.1, -0.05) is 6.07 Å². The van der Waals surface area contributed by atoms with Crippen molar-refractivity contribution in [3.05, 3.63) is 47.3 Å². The number of aromatic amines is 1. The Hall–Kier alpha value is -3.42. The highest BCUT2D eigenvalue weighted by molar-refractivity contribution is 6.00.